The smallest absolute Gasteiger partial charge is 0.336 e. The molecule has 0 aliphatic heterocycles. The third-order valence-corrected chi connectivity index (χ3v) is 3.96. The van der Waals surface area contributed by atoms with Crippen LogP contribution < -0.4 is 10.6 Å². The number of hydrogen-bond donors (Lipinski definition) is 3. The van der Waals surface area contributed by atoms with Gasteiger partial charge in [-0.15, -0.1) is 0 Å². The van der Waals surface area contributed by atoms with Crippen molar-refractivity contribution in [2.45, 2.75) is 20.3 Å². The fourth-order valence-electron chi connectivity index (χ4n) is 2.39. The van der Waals surface area contributed by atoms with Crippen molar-refractivity contribution in [3.63, 3.8) is 0 Å². The highest BCUT2D eigenvalue weighted by Gasteiger charge is 2.18. The Balaban J connectivity index is 2.24. The number of nitrogens with one attached hydrogen (secondary N) is 2. The molecule has 0 atom stereocenters. The summed E-state index contributed by atoms with van der Waals surface area (Å²) in [6.07, 6.45) is -0.248. The van der Waals surface area contributed by atoms with Gasteiger partial charge in [-0.2, -0.15) is 0 Å². The number of halogens is 1. The van der Waals surface area contributed by atoms with Crippen molar-refractivity contribution < 1.29 is 24.3 Å². The second-order valence-corrected chi connectivity index (χ2v) is 6.29. The molecular weight excluding hydrogens is 372 g/mol. The minimum absolute atomic E-state index is 0.00226. The van der Waals surface area contributed by atoms with Crippen LogP contribution >= 0.6 is 11.6 Å². The summed E-state index contributed by atoms with van der Waals surface area (Å²) in [6, 6.07) is 8.81. The van der Waals surface area contributed by atoms with E-state index in [1.165, 1.54) is 31.2 Å². The molecule has 0 saturated carbocycles. The number of ketones is 1. The molecule has 0 bridgehead atoms. The molecular formula is C19H17ClN2O5. The van der Waals surface area contributed by atoms with Gasteiger partial charge >= 0.3 is 5.97 Å². The van der Waals surface area contributed by atoms with E-state index in [0.29, 0.717) is 11.3 Å². The summed E-state index contributed by atoms with van der Waals surface area (Å²) >= 11 is 6.18. The standard InChI is InChI=1S/C19H17ClN2O5/c1-10-7-16(14(20)9-15(10)21-17(24)8-11(2)23)22-18(25)12-5-3-4-6-13(12)19(26)27/h3-7,9H,8H2,1-2H3,(H,21,24)(H,22,25)(H,26,27). The van der Waals surface area contributed by atoms with Crippen LogP contribution in [0.25, 0.3) is 0 Å². The van der Waals surface area contributed by atoms with Crippen molar-refractivity contribution in [2.24, 2.45) is 0 Å². The van der Waals surface area contributed by atoms with Crippen LogP contribution in [0.4, 0.5) is 11.4 Å². The van der Waals surface area contributed by atoms with Gasteiger partial charge < -0.3 is 15.7 Å². The van der Waals surface area contributed by atoms with Crippen molar-refractivity contribution in [1.82, 2.24) is 0 Å². The van der Waals surface area contributed by atoms with Gasteiger partial charge in [0.1, 0.15) is 5.78 Å². The number of rotatable bonds is 6. The molecule has 0 spiro atoms. The maximum Gasteiger partial charge on any atom is 0.336 e. The third-order valence-electron chi connectivity index (χ3n) is 3.65. The average molecular weight is 389 g/mol. The first-order chi connectivity index (χ1) is 12.7. The molecule has 2 aromatic rings. The van der Waals surface area contributed by atoms with Crippen molar-refractivity contribution in [2.75, 3.05) is 10.6 Å². The highest BCUT2D eigenvalue weighted by Crippen LogP contribution is 2.29. The predicted molar refractivity (Wildman–Crippen MR) is 101 cm³/mol. The van der Waals surface area contributed by atoms with Gasteiger partial charge in [0.15, 0.2) is 0 Å². The fourth-order valence-corrected chi connectivity index (χ4v) is 2.60. The highest BCUT2D eigenvalue weighted by molar-refractivity contribution is 6.34. The number of aromatic carboxylic acids is 1. The van der Waals surface area contributed by atoms with Crippen LogP contribution in [0.1, 0.15) is 39.6 Å². The van der Waals surface area contributed by atoms with Gasteiger partial charge in [-0.25, -0.2) is 4.79 Å². The normalized spacial score (nSPS) is 10.2. The first-order valence-corrected chi connectivity index (χ1v) is 8.30. The van der Waals surface area contributed by atoms with Crippen LogP contribution in [0, 0.1) is 6.92 Å². The van der Waals surface area contributed by atoms with Gasteiger partial charge in [-0.1, -0.05) is 23.7 Å². The van der Waals surface area contributed by atoms with Crippen LogP contribution in [0.2, 0.25) is 5.02 Å². The molecule has 2 aromatic carbocycles. The lowest BCUT2D eigenvalue weighted by Crippen LogP contribution is -2.17. The van der Waals surface area contributed by atoms with E-state index in [9.17, 15) is 24.3 Å². The Morgan fingerprint density at radius 1 is 1.00 bits per heavy atom. The summed E-state index contributed by atoms with van der Waals surface area (Å²) in [7, 11) is 0. The number of carbonyl (C=O) groups is 4. The molecule has 0 unspecified atom stereocenters. The summed E-state index contributed by atoms with van der Waals surface area (Å²) < 4.78 is 0. The van der Waals surface area contributed by atoms with E-state index in [1.807, 2.05) is 0 Å². The third kappa shape index (κ3) is 5.15. The van der Waals surface area contributed by atoms with Crippen LogP contribution in [0.3, 0.4) is 0 Å². The first kappa shape index (κ1) is 20.1. The Bertz CT molecular complexity index is 940. The summed E-state index contributed by atoms with van der Waals surface area (Å²) in [4.78, 5) is 46.4. The Labute approximate surface area is 160 Å². The molecule has 0 aliphatic carbocycles. The summed E-state index contributed by atoms with van der Waals surface area (Å²) in [5, 5.41) is 14.5. The lowest BCUT2D eigenvalue weighted by Gasteiger charge is -2.13. The number of carboxylic acid groups (broad SMARTS) is 1. The van der Waals surface area contributed by atoms with Gasteiger partial charge in [-0.05, 0) is 43.7 Å². The zero-order valence-corrected chi connectivity index (χ0v) is 15.4. The lowest BCUT2D eigenvalue weighted by atomic mass is 10.1. The van der Waals surface area contributed by atoms with Gasteiger partial charge in [0.05, 0.1) is 28.3 Å². The van der Waals surface area contributed by atoms with Crippen molar-refractivity contribution in [3.8, 4) is 0 Å². The van der Waals surface area contributed by atoms with E-state index < -0.39 is 17.8 Å². The SMILES string of the molecule is CC(=O)CC(=O)Nc1cc(Cl)c(NC(=O)c2ccccc2C(=O)O)cc1C. The highest BCUT2D eigenvalue weighted by atomic mass is 35.5. The quantitative estimate of drug-likeness (QED) is 0.655. The number of carboxylic acids is 1. The van der Waals surface area contributed by atoms with E-state index in [4.69, 9.17) is 11.6 Å². The number of carbonyl (C=O) groups excluding carboxylic acids is 3. The zero-order valence-electron chi connectivity index (χ0n) is 14.6. The largest absolute Gasteiger partial charge is 0.478 e. The van der Waals surface area contributed by atoms with Gasteiger partial charge in [0.2, 0.25) is 5.91 Å². The van der Waals surface area contributed by atoms with E-state index in [-0.39, 0.29) is 34.0 Å². The van der Waals surface area contributed by atoms with E-state index in [1.54, 1.807) is 19.1 Å². The monoisotopic (exact) mass is 388 g/mol. The van der Waals surface area contributed by atoms with E-state index in [2.05, 4.69) is 10.6 Å². The van der Waals surface area contributed by atoms with Crippen LogP contribution in [-0.2, 0) is 9.59 Å². The molecule has 0 heterocycles. The molecule has 27 heavy (non-hydrogen) atoms. The zero-order chi connectivity index (χ0) is 20.1. The number of amides is 2. The number of aryl methyl sites for hydroxylation is 1. The van der Waals surface area contributed by atoms with E-state index in [0.717, 1.165) is 0 Å². The van der Waals surface area contributed by atoms with Crippen molar-refractivity contribution in [1.29, 1.82) is 0 Å². The lowest BCUT2D eigenvalue weighted by molar-refractivity contribution is -0.124. The van der Waals surface area contributed by atoms with Crippen molar-refractivity contribution in [3.05, 3.63) is 58.1 Å². The molecule has 8 heteroatoms. The first-order valence-electron chi connectivity index (χ1n) is 7.92. The Morgan fingerprint density at radius 3 is 2.22 bits per heavy atom. The van der Waals surface area contributed by atoms with Crippen LogP contribution in [-0.4, -0.2) is 28.7 Å². The maximum absolute atomic E-state index is 12.4. The second-order valence-electron chi connectivity index (χ2n) is 5.88. The minimum atomic E-state index is -1.22. The molecule has 140 valence electrons. The van der Waals surface area contributed by atoms with Gasteiger partial charge in [0.25, 0.3) is 5.91 Å². The molecule has 0 aromatic heterocycles. The number of hydrogen-bond acceptors (Lipinski definition) is 4. The maximum atomic E-state index is 12.4. The van der Waals surface area contributed by atoms with Gasteiger partial charge in [0, 0.05) is 5.69 Å². The Hall–Kier alpha value is -3.19. The molecule has 7 nitrogen and oxygen atoms in total. The summed E-state index contributed by atoms with van der Waals surface area (Å²) in [6.45, 7) is 3.01. The average Bonchev–Trinajstić information content (AvgIpc) is 2.58. The number of benzene rings is 2. The summed E-state index contributed by atoms with van der Waals surface area (Å²) in [5.74, 6) is -2.57. The van der Waals surface area contributed by atoms with Crippen LogP contribution in [0.5, 0.6) is 0 Å². The molecule has 3 N–H and O–H groups in total. The molecule has 0 saturated heterocycles. The van der Waals surface area contributed by atoms with Crippen molar-refractivity contribution >= 4 is 46.5 Å². The van der Waals surface area contributed by atoms with Gasteiger partial charge in [-0.3, -0.25) is 14.4 Å². The molecule has 2 rings (SSSR count). The molecule has 0 aliphatic rings. The van der Waals surface area contributed by atoms with Crippen LogP contribution in [0.15, 0.2) is 36.4 Å². The predicted octanol–water partition coefficient (Wildman–Crippen LogP) is 3.52. The minimum Gasteiger partial charge on any atom is -0.478 e. The molecule has 0 fully saturated rings. The Morgan fingerprint density at radius 2 is 1.63 bits per heavy atom. The van der Waals surface area contributed by atoms with E-state index >= 15 is 0 Å². The topological polar surface area (TPSA) is 113 Å². The number of anilines is 2. The molecule has 0 radical (unpaired) electrons. The molecule has 2 amide bonds. The number of Topliss-reactive ketones (excluding diaryl/α,β-unsaturated/α-hetero) is 1. The Kier molecular flexibility index (Phi) is 6.31. The fraction of sp³-hybridized carbons (Fsp3) is 0.158. The second kappa shape index (κ2) is 8.46. The summed E-state index contributed by atoms with van der Waals surface area (Å²) in [5.41, 5.74) is 1.16.